The Kier molecular flexibility index (Phi) is 2.22. The molecule has 1 N–H and O–H groups in total. The molecule has 1 aliphatic heterocycles. The van der Waals surface area contributed by atoms with Crippen LogP contribution in [-0.4, -0.2) is 11.5 Å². The molecular weight excluding hydrogens is 195 g/mol. The molecule has 0 spiro atoms. The van der Waals surface area contributed by atoms with Gasteiger partial charge in [-0.1, -0.05) is 23.2 Å². The number of nitrogens with zero attached hydrogens (tertiary/aromatic N) is 1. The van der Waals surface area contributed by atoms with Crippen molar-refractivity contribution in [1.82, 2.24) is 10.3 Å². The van der Waals surface area contributed by atoms with Crippen molar-refractivity contribution >= 4 is 23.2 Å². The summed E-state index contributed by atoms with van der Waals surface area (Å²) in [5.74, 6) is 0. The lowest BCUT2D eigenvalue weighted by Crippen LogP contribution is -2.35. The predicted octanol–water partition coefficient (Wildman–Crippen LogP) is 2.42. The van der Waals surface area contributed by atoms with Crippen molar-refractivity contribution in [1.29, 1.82) is 0 Å². The molecule has 1 fully saturated rings. The summed E-state index contributed by atoms with van der Waals surface area (Å²) in [6.07, 6.45) is 2.87. The van der Waals surface area contributed by atoms with Gasteiger partial charge in [0.25, 0.3) is 0 Å². The second-order valence-electron chi connectivity index (χ2n) is 2.82. The summed E-state index contributed by atoms with van der Waals surface area (Å²) in [6, 6.07) is 2.06. The average Bonchev–Trinajstić information content (AvgIpc) is 1.91. The van der Waals surface area contributed by atoms with E-state index in [1.807, 2.05) is 0 Å². The van der Waals surface area contributed by atoms with Gasteiger partial charge in [-0.25, -0.2) is 4.98 Å². The number of hydrogen-bond donors (Lipinski definition) is 1. The van der Waals surface area contributed by atoms with Crippen molar-refractivity contribution in [2.45, 2.75) is 12.5 Å². The topological polar surface area (TPSA) is 24.9 Å². The quantitative estimate of drug-likeness (QED) is 0.709. The Bertz CT molecular complexity index is 297. The SMILES string of the molecule is Clc1cc(Cl)c(C2CCN2)cn1. The van der Waals surface area contributed by atoms with E-state index in [9.17, 15) is 0 Å². The van der Waals surface area contributed by atoms with E-state index in [2.05, 4.69) is 10.3 Å². The highest BCUT2D eigenvalue weighted by molar-refractivity contribution is 6.34. The summed E-state index contributed by atoms with van der Waals surface area (Å²) in [7, 11) is 0. The Morgan fingerprint density at radius 1 is 1.50 bits per heavy atom. The maximum Gasteiger partial charge on any atom is 0.130 e. The number of pyridine rings is 1. The van der Waals surface area contributed by atoms with Crippen LogP contribution in [0.2, 0.25) is 10.2 Å². The van der Waals surface area contributed by atoms with Gasteiger partial charge in [-0.2, -0.15) is 0 Å². The van der Waals surface area contributed by atoms with Gasteiger partial charge in [0.2, 0.25) is 0 Å². The minimum Gasteiger partial charge on any atom is -0.310 e. The van der Waals surface area contributed by atoms with Crippen molar-refractivity contribution in [2.24, 2.45) is 0 Å². The first-order chi connectivity index (χ1) is 5.77. The molecule has 2 heterocycles. The molecule has 2 rings (SSSR count). The normalized spacial score (nSPS) is 22.0. The van der Waals surface area contributed by atoms with E-state index >= 15 is 0 Å². The molecule has 1 saturated heterocycles. The molecule has 64 valence electrons. The fourth-order valence-electron chi connectivity index (χ4n) is 1.23. The Morgan fingerprint density at radius 2 is 2.25 bits per heavy atom. The van der Waals surface area contributed by atoms with E-state index in [4.69, 9.17) is 23.2 Å². The molecule has 1 atom stereocenters. The van der Waals surface area contributed by atoms with Crippen LogP contribution in [0.15, 0.2) is 12.3 Å². The van der Waals surface area contributed by atoms with Gasteiger partial charge in [0.1, 0.15) is 5.15 Å². The minimum atomic E-state index is 0.377. The molecule has 0 bridgehead atoms. The van der Waals surface area contributed by atoms with Gasteiger partial charge < -0.3 is 5.32 Å². The van der Waals surface area contributed by atoms with Gasteiger partial charge in [0, 0.05) is 22.8 Å². The highest BCUT2D eigenvalue weighted by Gasteiger charge is 2.21. The van der Waals surface area contributed by atoms with E-state index in [1.165, 1.54) is 0 Å². The summed E-state index contributed by atoms with van der Waals surface area (Å²) in [5.41, 5.74) is 1.05. The van der Waals surface area contributed by atoms with Gasteiger partial charge in [-0.3, -0.25) is 0 Å². The van der Waals surface area contributed by atoms with Gasteiger partial charge in [0.15, 0.2) is 0 Å². The van der Waals surface area contributed by atoms with Crippen LogP contribution < -0.4 is 5.32 Å². The van der Waals surface area contributed by atoms with Gasteiger partial charge in [-0.05, 0) is 19.0 Å². The molecule has 12 heavy (non-hydrogen) atoms. The largest absolute Gasteiger partial charge is 0.310 e. The highest BCUT2D eigenvalue weighted by Crippen LogP contribution is 2.29. The molecule has 1 aromatic rings. The van der Waals surface area contributed by atoms with E-state index in [-0.39, 0.29) is 0 Å². The summed E-state index contributed by atoms with van der Waals surface area (Å²) in [5, 5.41) is 4.40. The van der Waals surface area contributed by atoms with Crippen LogP contribution >= 0.6 is 23.2 Å². The third-order valence-electron chi connectivity index (χ3n) is 2.05. The number of hydrogen-bond acceptors (Lipinski definition) is 2. The monoisotopic (exact) mass is 202 g/mol. The zero-order valence-electron chi connectivity index (χ0n) is 6.35. The van der Waals surface area contributed by atoms with Gasteiger partial charge >= 0.3 is 0 Å². The lowest BCUT2D eigenvalue weighted by atomic mass is 10.00. The smallest absolute Gasteiger partial charge is 0.130 e. The standard InChI is InChI=1S/C8H8Cl2N2/c9-6-3-8(10)12-4-5(6)7-1-2-11-7/h3-4,7,11H,1-2H2. The van der Waals surface area contributed by atoms with Crippen molar-refractivity contribution < 1.29 is 0 Å². The van der Waals surface area contributed by atoms with Crippen LogP contribution in [0.25, 0.3) is 0 Å². The fourth-order valence-corrected chi connectivity index (χ4v) is 1.73. The Hall–Kier alpha value is -0.310. The van der Waals surface area contributed by atoms with Crippen LogP contribution in [0.5, 0.6) is 0 Å². The van der Waals surface area contributed by atoms with Crippen LogP contribution in [0.4, 0.5) is 0 Å². The molecular formula is C8H8Cl2N2. The lowest BCUT2D eigenvalue weighted by molar-refractivity contribution is 0.382. The zero-order chi connectivity index (χ0) is 8.55. The molecule has 0 amide bonds. The maximum atomic E-state index is 5.97. The Labute approximate surface area is 80.9 Å². The first-order valence-electron chi connectivity index (χ1n) is 3.81. The van der Waals surface area contributed by atoms with Gasteiger partial charge in [-0.15, -0.1) is 0 Å². The molecule has 0 radical (unpaired) electrons. The van der Waals surface area contributed by atoms with E-state index in [0.717, 1.165) is 18.5 Å². The van der Waals surface area contributed by atoms with Crippen LogP contribution in [-0.2, 0) is 0 Å². The maximum absolute atomic E-state index is 5.97. The fraction of sp³-hybridized carbons (Fsp3) is 0.375. The van der Waals surface area contributed by atoms with Crippen LogP contribution in [0.1, 0.15) is 18.0 Å². The van der Waals surface area contributed by atoms with Crippen LogP contribution in [0.3, 0.4) is 0 Å². The zero-order valence-corrected chi connectivity index (χ0v) is 7.86. The minimum absolute atomic E-state index is 0.377. The van der Waals surface area contributed by atoms with Crippen molar-refractivity contribution in [2.75, 3.05) is 6.54 Å². The summed E-state index contributed by atoms with van der Waals surface area (Å²) in [6.45, 7) is 1.06. The second-order valence-corrected chi connectivity index (χ2v) is 3.62. The third-order valence-corrected chi connectivity index (χ3v) is 2.58. The van der Waals surface area contributed by atoms with Crippen molar-refractivity contribution in [3.05, 3.63) is 28.0 Å². The Balaban J connectivity index is 2.31. The van der Waals surface area contributed by atoms with Crippen molar-refractivity contribution in [3.63, 3.8) is 0 Å². The number of aromatic nitrogens is 1. The molecule has 2 nitrogen and oxygen atoms in total. The summed E-state index contributed by atoms with van der Waals surface area (Å²) in [4.78, 5) is 3.98. The Morgan fingerprint density at radius 3 is 2.75 bits per heavy atom. The molecule has 1 unspecified atom stereocenters. The first-order valence-corrected chi connectivity index (χ1v) is 4.57. The predicted molar refractivity (Wildman–Crippen MR) is 49.6 cm³/mol. The van der Waals surface area contributed by atoms with Crippen LogP contribution in [0, 0.1) is 0 Å². The van der Waals surface area contributed by atoms with E-state index < -0.39 is 0 Å². The summed E-state index contributed by atoms with van der Waals surface area (Å²) < 4.78 is 0. The number of nitrogens with one attached hydrogen (secondary N) is 1. The average molecular weight is 203 g/mol. The first kappa shape index (κ1) is 8.30. The highest BCUT2D eigenvalue weighted by atomic mass is 35.5. The number of rotatable bonds is 1. The van der Waals surface area contributed by atoms with Crippen molar-refractivity contribution in [3.8, 4) is 0 Å². The molecule has 0 saturated carbocycles. The van der Waals surface area contributed by atoms with E-state index in [1.54, 1.807) is 12.3 Å². The lowest BCUT2D eigenvalue weighted by Gasteiger charge is -2.28. The molecule has 1 aromatic heterocycles. The number of halogens is 2. The second kappa shape index (κ2) is 3.21. The third kappa shape index (κ3) is 1.42. The molecule has 4 heteroatoms. The molecule has 1 aliphatic rings. The van der Waals surface area contributed by atoms with E-state index in [0.29, 0.717) is 16.2 Å². The molecule has 0 aromatic carbocycles. The summed E-state index contributed by atoms with van der Waals surface area (Å²) >= 11 is 11.6. The van der Waals surface area contributed by atoms with Gasteiger partial charge in [0.05, 0.1) is 0 Å². The molecule has 0 aliphatic carbocycles.